The average Bonchev–Trinajstić information content (AvgIpc) is 2.39. The number of carbonyl (C=O) groups excluding carboxylic acids is 1. The third-order valence-corrected chi connectivity index (χ3v) is 3.35. The molecule has 1 atom stereocenters. The molecule has 1 aromatic rings. The SMILES string of the molecule is COC(=O)N1CC(c2ccc(F)cc2)OCC1(C)C. The van der Waals surface area contributed by atoms with Crippen molar-refractivity contribution in [3.8, 4) is 0 Å². The third kappa shape index (κ3) is 2.87. The molecule has 0 aromatic heterocycles. The first-order valence-corrected chi connectivity index (χ1v) is 6.17. The van der Waals surface area contributed by atoms with E-state index in [4.69, 9.17) is 9.47 Å². The molecule has 1 aliphatic rings. The zero-order valence-corrected chi connectivity index (χ0v) is 11.4. The Balaban J connectivity index is 2.18. The average molecular weight is 267 g/mol. The van der Waals surface area contributed by atoms with Crippen molar-refractivity contribution < 1.29 is 18.7 Å². The minimum absolute atomic E-state index is 0.257. The number of amides is 1. The molecular formula is C14H18FNO3. The van der Waals surface area contributed by atoms with Crippen LogP contribution in [0.15, 0.2) is 24.3 Å². The smallest absolute Gasteiger partial charge is 0.410 e. The van der Waals surface area contributed by atoms with Gasteiger partial charge in [0, 0.05) is 0 Å². The van der Waals surface area contributed by atoms with Crippen LogP contribution in [0.5, 0.6) is 0 Å². The second kappa shape index (κ2) is 5.17. The van der Waals surface area contributed by atoms with Gasteiger partial charge >= 0.3 is 6.09 Å². The molecule has 0 radical (unpaired) electrons. The van der Waals surface area contributed by atoms with E-state index < -0.39 is 5.54 Å². The van der Waals surface area contributed by atoms with Crippen molar-refractivity contribution in [2.24, 2.45) is 0 Å². The summed E-state index contributed by atoms with van der Waals surface area (Å²) in [4.78, 5) is 13.4. The lowest BCUT2D eigenvalue weighted by atomic mass is 9.99. The topological polar surface area (TPSA) is 38.8 Å². The Bertz CT molecular complexity index is 458. The highest BCUT2D eigenvalue weighted by Crippen LogP contribution is 2.30. The number of ether oxygens (including phenoxy) is 2. The van der Waals surface area contributed by atoms with E-state index in [-0.39, 0.29) is 18.0 Å². The number of carbonyl (C=O) groups is 1. The van der Waals surface area contributed by atoms with Crippen LogP contribution in [0.3, 0.4) is 0 Å². The largest absolute Gasteiger partial charge is 0.453 e. The standard InChI is InChI=1S/C14H18FNO3/c1-14(2)9-19-12(8-16(14)13(17)18-3)10-4-6-11(15)7-5-10/h4-7,12H,8-9H2,1-3H3. The van der Waals surface area contributed by atoms with Gasteiger partial charge in [-0.2, -0.15) is 0 Å². The molecule has 1 saturated heterocycles. The van der Waals surface area contributed by atoms with Crippen LogP contribution >= 0.6 is 0 Å². The minimum atomic E-state index is -0.413. The third-order valence-electron chi connectivity index (χ3n) is 3.35. The summed E-state index contributed by atoms with van der Waals surface area (Å²) in [5.41, 5.74) is 0.440. The predicted octanol–water partition coefficient (Wildman–Crippen LogP) is 2.74. The van der Waals surface area contributed by atoms with E-state index in [0.717, 1.165) is 5.56 Å². The molecule has 0 aliphatic carbocycles. The van der Waals surface area contributed by atoms with Gasteiger partial charge in [0.25, 0.3) is 0 Å². The number of benzene rings is 1. The lowest BCUT2D eigenvalue weighted by Gasteiger charge is -2.44. The molecule has 2 rings (SSSR count). The number of methoxy groups -OCH3 is 1. The molecule has 19 heavy (non-hydrogen) atoms. The molecule has 5 heteroatoms. The van der Waals surface area contributed by atoms with E-state index >= 15 is 0 Å². The highest BCUT2D eigenvalue weighted by molar-refractivity contribution is 5.68. The van der Waals surface area contributed by atoms with Crippen LogP contribution in [0.4, 0.5) is 9.18 Å². The Morgan fingerprint density at radius 3 is 2.63 bits per heavy atom. The van der Waals surface area contributed by atoms with Crippen molar-refractivity contribution >= 4 is 6.09 Å². The van der Waals surface area contributed by atoms with Crippen molar-refractivity contribution in [2.75, 3.05) is 20.3 Å². The quantitative estimate of drug-likeness (QED) is 0.785. The van der Waals surface area contributed by atoms with Crippen LogP contribution in [0.1, 0.15) is 25.5 Å². The summed E-state index contributed by atoms with van der Waals surface area (Å²) in [5.74, 6) is -0.287. The summed E-state index contributed by atoms with van der Waals surface area (Å²) in [6.07, 6.45) is -0.631. The number of hydrogen-bond acceptors (Lipinski definition) is 3. The summed E-state index contributed by atoms with van der Waals surface area (Å²) in [5, 5.41) is 0. The van der Waals surface area contributed by atoms with Gasteiger partial charge in [-0.25, -0.2) is 9.18 Å². The summed E-state index contributed by atoms with van der Waals surface area (Å²) in [7, 11) is 1.36. The molecule has 1 aromatic carbocycles. The first kappa shape index (κ1) is 13.8. The lowest BCUT2D eigenvalue weighted by Crippen LogP contribution is -2.56. The van der Waals surface area contributed by atoms with Crippen molar-refractivity contribution in [2.45, 2.75) is 25.5 Å². The van der Waals surface area contributed by atoms with Gasteiger partial charge in [-0.3, -0.25) is 4.90 Å². The second-order valence-electron chi connectivity index (χ2n) is 5.24. The number of rotatable bonds is 1. The number of halogens is 1. The summed E-state index contributed by atoms with van der Waals surface area (Å²) >= 11 is 0. The highest BCUT2D eigenvalue weighted by atomic mass is 19.1. The maximum Gasteiger partial charge on any atom is 0.410 e. The van der Waals surface area contributed by atoms with E-state index in [0.29, 0.717) is 13.2 Å². The van der Waals surface area contributed by atoms with Gasteiger partial charge in [-0.1, -0.05) is 12.1 Å². The van der Waals surface area contributed by atoms with Crippen molar-refractivity contribution in [1.82, 2.24) is 4.90 Å². The summed E-state index contributed by atoms with van der Waals surface area (Å²) in [6, 6.07) is 6.13. The van der Waals surface area contributed by atoms with Crippen molar-refractivity contribution in [1.29, 1.82) is 0 Å². The van der Waals surface area contributed by atoms with Crippen LogP contribution in [-0.2, 0) is 9.47 Å². The molecule has 1 aliphatic heterocycles. The van der Waals surface area contributed by atoms with Crippen molar-refractivity contribution in [3.05, 3.63) is 35.6 Å². The molecular weight excluding hydrogens is 249 g/mol. The van der Waals surface area contributed by atoms with Gasteiger partial charge < -0.3 is 9.47 Å². The summed E-state index contributed by atoms with van der Waals surface area (Å²) in [6.45, 7) is 4.64. The van der Waals surface area contributed by atoms with Crippen LogP contribution in [0, 0.1) is 5.82 Å². The number of morpholine rings is 1. The maximum atomic E-state index is 12.9. The molecule has 104 valence electrons. The molecule has 1 fully saturated rings. The zero-order chi connectivity index (χ0) is 14.0. The Kier molecular flexibility index (Phi) is 3.75. The van der Waals surface area contributed by atoms with Gasteiger partial charge in [0.15, 0.2) is 0 Å². The lowest BCUT2D eigenvalue weighted by molar-refractivity contribution is -0.0898. The Morgan fingerprint density at radius 2 is 2.05 bits per heavy atom. The Labute approximate surface area is 112 Å². The van der Waals surface area contributed by atoms with E-state index in [1.54, 1.807) is 17.0 Å². The molecule has 1 unspecified atom stereocenters. The predicted molar refractivity (Wildman–Crippen MR) is 68.3 cm³/mol. The molecule has 1 amide bonds. The van der Waals surface area contributed by atoms with E-state index in [9.17, 15) is 9.18 Å². The fourth-order valence-electron chi connectivity index (χ4n) is 2.16. The van der Waals surface area contributed by atoms with Gasteiger partial charge in [-0.05, 0) is 31.5 Å². The van der Waals surface area contributed by atoms with E-state index in [2.05, 4.69) is 0 Å². The zero-order valence-electron chi connectivity index (χ0n) is 11.4. The fourth-order valence-corrected chi connectivity index (χ4v) is 2.16. The van der Waals surface area contributed by atoms with E-state index in [1.165, 1.54) is 19.2 Å². The Hall–Kier alpha value is -1.62. The van der Waals surface area contributed by atoms with Gasteiger partial charge in [0.1, 0.15) is 11.9 Å². The Morgan fingerprint density at radius 1 is 1.42 bits per heavy atom. The molecule has 4 nitrogen and oxygen atoms in total. The number of hydrogen-bond donors (Lipinski definition) is 0. The number of nitrogens with zero attached hydrogens (tertiary/aromatic N) is 1. The molecule has 1 heterocycles. The van der Waals surface area contributed by atoms with Crippen LogP contribution in [0.2, 0.25) is 0 Å². The molecule has 0 spiro atoms. The minimum Gasteiger partial charge on any atom is -0.453 e. The van der Waals surface area contributed by atoms with Crippen LogP contribution in [0.25, 0.3) is 0 Å². The normalized spacial score (nSPS) is 22.1. The molecule has 0 N–H and O–H groups in total. The van der Waals surface area contributed by atoms with Gasteiger partial charge in [0.2, 0.25) is 0 Å². The van der Waals surface area contributed by atoms with Gasteiger partial charge in [0.05, 0.1) is 25.8 Å². The maximum absolute atomic E-state index is 12.9. The van der Waals surface area contributed by atoms with E-state index in [1.807, 2.05) is 13.8 Å². The second-order valence-corrected chi connectivity index (χ2v) is 5.24. The summed E-state index contributed by atoms with van der Waals surface area (Å²) < 4.78 is 23.5. The molecule has 0 saturated carbocycles. The van der Waals surface area contributed by atoms with Crippen LogP contribution in [-0.4, -0.2) is 36.8 Å². The molecule has 0 bridgehead atoms. The van der Waals surface area contributed by atoms with Crippen molar-refractivity contribution in [3.63, 3.8) is 0 Å². The van der Waals surface area contributed by atoms with Gasteiger partial charge in [-0.15, -0.1) is 0 Å². The first-order valence-electron chi connectivity index (χ1n) is 6.17. The highest BCUT2D eigenvalue weighted by Gasteiger charge is 2.39. The monoisotopic (exact) mass is 267 g/mol. The fraction of sp³-hybridized carbons (Fsp3) is 0.500. The van der Waals surface area contributed by atoms with Crippen LogP contribution < -0.4 is 0 Å². The first-order chi connectivity index (χ1) is 8.94.